The van der Waals surface area contributed by atoms with Crippen molar-refractivity contribution in [2.45, 2.75) is 31.5 Å². The molecule has 0 amide bonds. The number of hydrogen-bond acceptors (Lipinski definition) is 4. The van der Waals surface area contributed by atoms with Gasteiger partial charge in [-0.05, 0) is 59.3 Å². The Labute approximate surface area is 180 Å². The highest BCUT2D eigenvalue weighted by Gasteiger charge is 2.59. The lowest BCUT2D eigenvalue weighted by Crippen LogP contribution is -2.61. The number of rotatable bonds is 2. The number of nitrogens with zero attached hydrogens (tertiary/aromatic N) is 2. The summed E-state index contributed by atoms with van der Waals surface area (Å²) in [6.07, 6.45) is 2.04. The molecule has 0 radical (unpaired) electrons. The van der Waals surface area contributed by atoms with E-state index in [-0.39, 0.29) is 5.41 Å². The molecule has 1 atom stereocenters. The summed E-state index contributed by atoms with van der Waals surface area (Å²) in [5.74, 6) is 0.840. The molecule has 2 aliphatic rings. The number of aliphatic imine (C=N–C) groups is 1. The van der Waals surface area contributed by atoms with E-state index in [0.717, 1.165) is 23.4 Å². The first-order valence-corrected chi connectivity index (χ1v) is 11.2. The van der Waals surface area contributed by atoms with Gasteiger partial charge in [0.05, 0.1) is 11.6 Å². The topological polar surface area (TPSA) is 24.8 Å². The molecular weight excluding hydrogens is 388 g/mol. The maximum Gasteiger partial charge on any atom is 0.229 e. The zero-order chi connectivity index (χ0) is 20.3. The van der Waals surface area contributed by atoms with Crippen molar-refractivity contribution < 1.29 is 4.74 Å². The number of fused-ring (bicyclic) bond motifs is 4. The lowest BCUT2D eigenvalue weighted by Gasteiger charge is -2.46. The molecule has 30 heavy (non-hydrogen) atoms. The van der Waals surface area contributed by atoms with Crippen molar-refractivity contribution in [3.05, 3.63) is 88.6 Å². The maximum absolute atomic E-state index is 6.93. The summed E-state index contributed by atoms with van der Waals surface area (Å²) >= 11 is 1.73. The highest BCUT2D eigenvalue weighted by molar-refractivity contribution is 7.07. The van der Waals surface area contributed by atoms with Crippen LogP contribution < -0.4 is 9.64 Å². The van der Waals surface area contributed by atoms with E-state index >= 15 is 0 Å². The third-order valence-corrected chi connectivity index (χ3v) is 7.32. The van der Waals surface area contributed by atoms with Crippen LogP contribution >= 0.6 is 11.3 Å². The van der Waals surface area contributed by atoms with E-state index in [1.807, 2.05) is 6.21 Å². The van der Waals surface area contributed by atoms with Crippen molar-refractivity contribution in [2.24, 2.45) is 4.99 Å². The minimum absolute atomic E-state index is 0.271. The fraction of sp³-hybridized carbons (Fsp3) is 0.192. The Morgan fingerprint density at radius 1 is 0.967 bits per heavy atom. The Morgan fingerprint density at radius 2 is 1.80 bits per heavy atom. The predicted octanol–water partition coefficient (Wildman–Crippen LogP) is 6.69. The van der Waals surface area contributed by atoms with Crippen LogP contribution in [0.3, 0.4) is 0 Å². The molecule has 3 heterocycles. The smallest absolute Gasteiger partial charge is 0.229 e. The molecule has 0 saturated carbocycles. The van der Waals surface area contributed by atoms with Crippen LogP contribution in [-0.4, -0.2) is 11.9 Å². The minimum atomic E-state index is -0.686. The number of benzene rings is 3. The van der Waals surface area contributed by atoms with E-state index in [9.17, 15) is 0 Å². The van der Waals surface area contributed by atoms with Gasteiger partial charge in [-0.15, -0.1) is 0 Å². The van der Waals surface area contributed by atoms with E-state index < -0.39 is 5.72 Å². The quantitative estimate of drug-likeness (QED) is 0.368. The second-order valence-electron chi connectivity index (χ2n) is 8.55. The van der Waals surface area contributed by atoms with E-state index in [0.29, 0.717) is 0 Å². The van der Waals surface area contributed by atoms with Crippen LogP contribution in [0.5, 0.6) is 5.75 Å². The summed E-state index contributed by atoms with van der Waals surface area (Å²) in [6, 6.07) is 23.4. The van der Waals surface area contributed by atoms with Gasteiger partial charge in [0, 0.05) is 17.6 Å². The van der Waals surface area contributed by atoms with Crippen molar-refractivity contribution in [1.82, 2.24) is 0 Å². The van der Waals surface area contributed by atoms with Crippen molar-refractivity contribution in [1.29, 1.82) is 0 Å². The highest BCUT2D eigenvalue weighted by atomic mass is 32.1. The Morgan fingerprint density at radius 3 is 2.67 bits per heavy atom. The largest absolute Gasteiger partial charge is 0.459 e. The highest BCUT2D eigenvalue weighted by Crippen LogP contribution is 2.55. The molecule has 6 rings (SSSR count). The third-order valence-electron chi connectivity index (χ3n) is 6.58. The molecule has 2 aliphatic heterocycles. The molecule has 0 aliphatic carbocycles. The molecule has 4 aromatic rings. The molecule has 0 N–H and O–H groups in total. The van der Waals surface area contributed by atoms with Crippen molar-refractivity contribution in [2.75, 3.05) is 4.90 Å². The van der Waals surface area contributed by atoms with Gasteiger partial charge in [0.2, 0.25) is 5.72 Å². The molecule has 3 nitrogen and oxygen atoms in total. The van der Waals surface area contributed by atoms with Gasteiger partial charge in [0.25, 0.3) is 0 Å². The summed E-state index contributed by atoms with van der Waals surface area (Å²) < 4.78 is 6.93. The van der Waals surface area contributed by atoms with Gasteiger partial charge < -0.3 is 9.64 Å². The summed E-state index contributed by atoms with van der Waals surface area (Å²) in [5.41, 5.74) is 3.75. The van der Waals surface area contributed by atoms with Crippen LogP contribution in [0.15, 0.2) is 82.5 Å². The maximum atomic E-state index is 6.93. The van der Waals surface area contributed by atoms with Crippen molar-refractivity contribution in [3.63, 3.8) is 0 Å². The van der Waals surface area contributed by atoms with E-state index in [2.05, 4.69) is 96.2 Å². The zero-order valence-corrected chi connectivity index (χ0v) is 17.8. The van der Waals surface area contributed by atoms with Crippen LogP contribution in [0, 0.1) is 0 Å². The first kappa shape index (κ1) is 17.7. The van der Waals surface area contributed by atoms with Gasteiger partial charge in [0.1, 0.15) is 11.4 Å². The molecule has 1 spiro atoms. The molecular formula is C26H22N2OS. The summed E-state index contributed by atoms with van der Waals surface area (Å²) in [7, 11) is 0. The van der Waals surface area contributed by atoms with Gasteiger partial charge >= 0.3 is 0 Å². The molecule has 1 unspecified atom stereocenters. The average Bonchev–Trinajstić information content (AvgIpc) is 3.35. The van der Waals surface area contributed by atoms with Crippen molar-refractivity contribution >= 4 is 39.7 Å². The number of thiophene rings is 1. The molecule has 3 aromatic carbocycles. The van der Waals surface area contributed by atoms with Gasteiger partial charge in [-0.2, -0.15) is 11.3 Å². The number of para-hydroxylation sites is 1. The van der Waals surface area contributed by atoms with Gasteiger partial charge in [-0.25, -0.2) is 0 Å². The van der Waals surface area contributed by atoms with Crippen molar-refractivity contribution in [3.8, 4) is 5.75 Å². The minimum Gasteiger partial charge on any atom is -0.459 e. The number of ether oxygens (including phenoxy) is 1. The normalized spacial score (nSPS) is 20.9. The zero-order valence-electron chi connectivity index (χ0n) is 17.0. The summed E-state index contributed by atoms with van der Waals surface area (Å²) in [4.78, 5) is 7.41. The Balaban J connectivity index is 1.55. The molecule has 0 saturated heterocycles. The Hall–Kier alpha value is -3.11. The monoisotopic (exact) mass is 410 g/mol. The van der Waals surface area contributed by atoms with E-state index in [1.165, 1.54) is 22.2 Å². The van der Waals surface area contributed by atoms with E-state index in [1.54, 1.807) is 11.3 Å². The van der Waals surface area contributed by atoms with Gasteiger partial charge in [-0.3, -0.25) is 4.99 Å². The molecule has 4 heteroatoms. The molecule has 148 valence electrons. The predicted molar refractivity (Wildman–Crippen MR) is 125 cm³/mol. The lowest BCUT2D eigenvalue weighted by molar-refractivity contribution is 0.0765. The van der Waals surface area contributed by atoms with Crippen LogP contribution in [0.1, 0.15) is 25.0 Å². The van der Waals surface area contributed by atoms with E-state index in [4.69, 9.17) is 9.73 Å². The fourth-order valence-corrected chi connectivity index (χ4v) is 5.58. The standard InChI is InChI=1S/C26H22N2OS/c1-25(2)21-9-5-6-10-22(21)28(15-18-13-14-30-16-18)26(25)17-27-24-20-8-4-3-7-19(20)11-12-23(24)29-26/h3-14,16-17H,15H2,1-2H3. The second kappa shape index (κ2) is 6.19. The average molecular weight is 411 g/mol. The Kier molecular flexibility index (Phi) is 3.66. The number of anilines is 1. The molecule has 0 bridgehead atoms. The second-order valence-corrected chi connectivity index (χ2v) is 9.33. The summed E-state index contributed by atoms with van der Waals surface area (Å²) in [5, 5.41) is 6.64. The summed E-state index contributed by atoms with van der Waals surface area (Å²) in [6.45, 7) is 5.30. The SMILES string of the molecule is CC1(C)c2ccccc2N(Cc2ccsc2)C12C=Nc1c(ccc3ccccc13)O2. The lowest BCUT2D eigenvalue weighted by atomic mass is 9.77. The first-order valence-electron chi connectivity index (χ1n) is 10.2. The molecule has 0 fully saturated rings. The number of hydrogen-bond donors (Lipinski definition) is 0. The van der Waals surface area contributed by atoms with Crippen LogP contribution in [0.4, 0.5) is 11.4 Å². The Bertz CT molecular complexity index is 1290. The first-order chi connectivity index (χ1) is 14.6. The van der Waals surface area contributed by atoms with Crippen LogP contribution in [-0.2, 0) is 12.0 Å². The third kappa shape index (κ3) is 2.28. The molecule has 1 aromatic heterocycles. The van der Waals surface area contributed by atoms with Gasteiger partial charge in [-0.1, -0.05) is 48.5 Å². The van der Waals surface area contributed by atoms with Crippen LogP contribution in [0.2, 0.25) is 0 Å². The van der Waals surface area contributed by atoms with Gasteiger partial charge in [0.15, 0.2) is 0 Å². The van der Waals surface area contributed by atoms with Crippen LogP contribution in [0.25, 0.3) is 10.8 Å². The fourth-order valence-electron chi connectivity index (χ4n) is 4.93.